The van der Waals surface area contributed by atoms with Gasteiger partial charge >= 0.3 is 12.1 Å². The van der Waals surface area contributed by atoms with E-state index in [1.807, 2.05) is 13.8 Å². The standard InChI is InChI=1S/C19H24F3N3O3/c1-11(2)10-24(8-7-16(26)27)17(28)13-5-6-15-14(9-13)23-18(19(20,21)22)25(15)12(3)4/h5-6,9,11-12H,7-8,10H2,1-4H3,(H,26,27). The first-order valence-electron chi connectivity index (χ1n) is 9.02. The van der Waals surface area contributed by atoms with Crippen molar-refractivity contribution in [2.75, 3.05) is 13.1 Å². The van der Waals surface area contributed by atoms with Crippen LogP contribution in [0.5, 0.6) is 0 Å². The van der Waals surface area contributed by atoms with Crippen molar-refractivity contribution in [3.63, 3.8) is 0 Å². The summed E-state index contributed by atoms with van der Waals surface area (Å²) in [5, 5.41) is 8.89. The van der Waals surface area contributed by atoms with Crippen molar-refractivity contribution in [1.82, 2.24) is 14.5 Å². The predicted molar refractivity (Wildman–Crippen MR) is 98.1 cm³/mol. The molecule has 6 nitrogen and oxygen atoms in total. The maximum absolute atomic E-state index is 13.3. The Kier molecular flexibility index (Phi) is 6.36. The highest BCUT2D eigenvalue weighted by molar-refractivity contribution is 5.97. The Bertz CT molecular complexity index is 872. The van der Waals surface area contributed by atoms with Crippen LogP contribution in [-0.2, 0) is 11.0 Å². The smallest absolute Gasteiger partial charge is 0.449 e. The molecule has 1 aromatic heterocycles. The number of fused-ring (bicyclic) bond motifs is 1. The van der Waals surface area contributed by atoms with Gasteiger partial charge in [-0.25, -0.2) is 4.98 Å². The van der Waals surface area contributed by atoms with Gasteiger partial charge < -0.3 is 14.6 Å². The summed E-state index contributed by atoms with van der Waals surface area (Å²) in [7, 11) is 0. The van der Waals surface area contributed by atoms with E-state index in [2.05, 4.69) is 4.98 Å². The molecular weight excluding hydrogens is 375 g/mol. The van der Waals surface area contributed by atoms with Gasteiger partial charge in [0, 0.05) is 24.7 Å². The van der Waals surface area contributed by atoms with Crippen molar-refractivity contribution < 1.29 is 27.9 Å². The van der Waals surface area contributed by atoms with Gasteiger partial charge in [-0.05, 0) is 38.0 Å². The van der Waals surface area contributed by atoms with Crippen LogP contribution in [0.3, 0.4) is 0 Å². The molecule has 2 rings (SSSR count). The molecule has 1 amide bonds. The number of carboxylic acids is 1. The summed E-state index contributed by atoms with van der Waals surface area (Å²) in [4.78, 5) is 28.8. The number of rotatable bonds is 7. The van der Waals surface area contributed by atoms with Crippen molar-refractivity contribution in [2.45, 2.75) is 46.3 Å². The second-order valence-corrected chi connectivity index (χ2v) is 7.39. The van der Waals surface area contributed by atoms with E-state index in [-0.39, 0.29) is 30.0 Å². The summed E-state index contributed by atoms with van der Waals surface area (Å²) < 4.78 is 41.1. The second kappa shape index (κ2) is 8.20. The van der Waals surface area contributed by atoms with Crippen molar-refractivity contribution in [1.29, 1.82) is 0 Å². The molecule has 9 heteroatoms. The van der Waals surface area contributed by atoms with E-state index >= 15 is 0 Å². The zero-order chi connectivity index (χ0) is 21.2. The highest BCUT2D eigenvalue weighted by atomic mass is 19.4. The lowest BCUT2D eigenvalue weighted by molar-refractivity contribution is -0.147. The number of benzene rings is 1. The molecule has 0 bridgehead atoms. The molecular formula is C19H24F3N3O3. The average molecular weight is 399 g/mol. The highest BCUT2D eigenvalue weighted by Crippen LogP contribution is 2.34. The van der Waals surface area contributed by atoms with Crippen LogP contribution in [0.4, 0.5) is 13.2 Å². The average Bonchev–Trinajstić information content (AvgIpc) is 2.96. The van der Waals surface area contributed by atoms with Gasteiger partial charge in [-0.1, -0.05) is 13.8 Å². The largest absolute Gasteiger partial charge is 0.481 e. The van der Waals surface area contributed by atoms with Gasteiger partial charge in [-0.15, -0.1) is 0 Å². The monoisotopic (exact) mass is 399 g/mol. The second-order valence-electron chi connectivity index (χ2n) is 7.39. The Labute approximate surface area is 161 Å². The number of carbonyl (C=O) groups is 2. The van der Waals surface area contributed by atoms with E-state index in [0.717, 1.165) is 4.57 Å². The van der Waals surface area contributed by atoms with Gasteiger partial charge in [0.2, 0.25) is 5.82 Å². The van der Waals surface area contributed by atoms with E-state index in [9.17, 15) is 22.8 Å². The Morgan fingerprint density at radius 2 is 1.86 bits per heavy atom. The molecule has 0 spiro atoms. The van der Waals surface area contributed by atoms with Crippen molar-refractivity contribution >= 4 is 22.9 Å². The third kappa shape index (κ3) is 4.82. The zero-order valence-corrected chi connectivity index (χ0v) is 16.2. The Morgan fingerprint density at radius 1 is 1.21 bits per heavy atom. The number of hydrogen-bond acceptors (Lipinski definition) is 3. The molecule has 2 aromatic rings. The summed E-state index contributed by atoms with van der Waals surface area (Å²) in [6, 6.07) is 3.78. The van der Waals surface area contributed by atoms with Crippen LogP contribution in [0.2, 0.25) is 0 Å². The van der Waals surface area contributed by atoms with E-state index < -0.39 is 29.9 Å². The van der Waals surface area contributed by atoms with Crippen molar-refractivity contribution in [2.24, 2.45) is 5.92 Å². The van der Waals surface area contributed by atoms with Crippen LogP contribution in [0.25, 0.3) is 11.0 Å². The molecule has 0 radical (unpaired) electrons. The van der Waals surface area contributed by atoms with Gasteiger partial charge in [0.05, 0.1) is 17.5 Å². The summed E-state index contributed by atoms with van der Waals surface area (Å²) in [5.41, 5.74) is 0.551. The lowest BCUT2D eigenvalue weighted by atomic mass is 10.1. The number of alkyl halides is 3. The first kappa shape index (κ1) is 21.7. The number of halogens is 3. The molecule has 0 saturated heterocycles. The number of hydrogen-bond donors (Lipinski definition) is 1. The maximum atomic E-state index is 13.3. The third-order valence-corrected chi connectivity index (χ3v) is 4.17. The van der Waals surface area contributed by atoms with Gasteiger partial charge in [0.15, 0.2) is 0 Å². The van der Waals surface area contributed by atoms with Crippen LogP contribution in [-0.4, -0.2) is 44.5 Å². The molecule has 1 aromatic carbocycles. The first-order chi connectivity index (χ1) is 12.9. The van der Waals surface area contributed by atoms with Gasteiger partial charge in [0.1, 0.15) is 0 Å². The van der Waals surface area contributed by atoms with Crippen molar-refractivity contribution in [3.8, 4) is 0 Å². The lowest BCUT2D eigenvalue weighted by Crippen LogP contribution is -2.36. The van der Waals surface area contributed by atoms with E-state index in [0.29, 0.717) is 12.1 Å². The minimum atomic E-state index is -4.61. The summed E-state index contributed by atoms with van der Waals surface area (Å²) in [6.45, 7) is 7.42. The number of nitrogens with zero attached hydrogens (tertiary/aromatic N) is 3. The van der Waals surface area contributed by atoms with Crippen LogP contribution in [0.15, 0.2) is 18.2 Å². The fourth-order valence-corrected chi connectivity index (χ4v) is 3.08. The van der Waals surface area contributed by atoms with Crippen LogP contribution >= 0.6 is 0 Å². The van der Waals surface area contributed by atoms with E-state index in [1.54, 1.807) is 13.8 Å². The molecule has 0 unspecified atom stereocenters. The van der Waals surface area contributed by atoms with E-state index in [1.165, 1.54) is 23.1 Å². The third-order valence-electron chi connectivity index (χ3n) is 4.17. The first-order valence-corrected chi connectivity index (χ1v) is 9.02. The number of carbonyl (C=O) groups excluding carboxylic acids is 1. The Morgan fingerprint density at radius 3 is 2.36 bits per heavy atom. The topological polar surface area (TPSA) is 75.4 Å². The molecule has 0 aliphatic carbocycles. The lowest BCUT2D eigenvalue weighted by Gasteiger charge is -2.24. The molecule has 154 valence electrons. The molecule has 0 aliphatic rings. The quantitative estimate of drug-likeness (QED) is 0.757. The molecule has 0 atom stereocenters. The molecule has 1 N–H and O–H groups in total. The fourth-order valence-electron chi connectivity index (χ4n) is 3.08. The molecule has 1 heterocycles. The van der Waals surface area contributed by atoms with E-state index in [4.69, 9.17) is 5.11 Å². The van der Waals surface area contributed by atoms with Gasteiger partial charge in [-0.3, -0.25) is 9.59 Å². The summed E-state index contributed by atoms with van der Waals surface area (Å²) in [5.74, 6) is -2.35. The zero-order valence-electron chi connectivity index (χ0n) is 16.2. The number of amides is 1. The fraction of sp³-hybridized carbons (Fsp3) is 0.526. The van der Waals surface area contributed by atoms with Crippen molar-refractivity contribution in [3.05, 3.63) is 29.6 Å². The molecule has 0 saturated carbocycles. The predicted octanol–water partition coefficient (Wildman–Crippen LogP) is 4.21. The normalized spacial score (nSPS) is 12.2. The number of imidazole rings is 1. The summed E-state index contributed by atoms with van der Waals surface area (Å²) >= 11 is 0. The number of carboxylic acid groups (broad SMARTS) is 1. The molecule has 28 heavy (non-hydrogen) atoms. The number of aliphatic carboxylic acids is 1. The number of aromatic nitrogens is 2. The maximum Gasteiger partial charge on any atom is 0.449 e. The highest BCUT2D eigenvalue weighted by Gasteiger charge is 2.38. The van der Waals surface area contributed by atoms with Gasteiger partial charge in [-0.2, -0.15) is 13.2 Å². The Balaban J connectivity index is 2.46. The SMILES string of the molecule is CC(C)CN(CCC(=O)O)C(=O)c1ccc2c(c1)nc(C(F)(F)F)n2C(C)C. The van der Waals surface area contributed by atoms with Crippen LogP contribution in [0, 0.1) is 5.92 Å². The molecule has 0 fully saturated rings. The minimum absolute atomic E-state index is 0.0264. The van der Waals surface area contributed by atoms with Gasteiger partial charge in [0.25, 0.3) is 5.91 Å². The Hall–Kier alpha value is -2.58. The molecule has 0 aliphatic heterocycles. The van der Waals surface area contributed by atoms with Crippen LogP contribution in [0.1, 0.15) is 56.3 Å². The van der Waals surface area contributed by atoms with Crippen LogP contribution < -0.4 is 0 Å². The summed E-state index contributed by atoms with van der Waals surface area (Å²) in [6.07, 6.45) is -4.82. The minimum Gasteiger partial charge on any atom is -0.481 e.